The molecule has 0 radical (unpaired) electrons. The Kier molecular flexibility index (Phi) is 6.07. The number of aromatic nitrogens is 2. The molecule has 1 atom stereocenters. The van der Waals surface area contributed by atoms with Gasteiger partial charge in [-0.25, -0.2) is 0 Å². The lowest BCUT2D eigenvalue weighted by Crippen LogP contribution is -2.38. The molecule has 3 rings (SSSR count). The number of nitrogens with zero attached hydrogens (tertiary/aromatic N) is 3. The summed E-state index contributed by atoms with van der Waals surface area (Å²) in [5.74, 6) is 0.593. The third-order valence-electron chi connectivity index (χ3n) is 4.89. The van der Waals surface area contributed by atoms with Crippen LogP contribution >= 0.6 is 11.6 Å². The molecule has 1 aliphatic rings. The van der Waals surface area contributed by atoms with Crippen LogP contribution < -0.4 is 4.74 Å². The van der Waals surface area contributed by atoms with Crippen LogP contribution in [0.4, 0.5) is 0 Å². The summed E-state index contributed by atoms with van der Waals surface area (Å²) in [7, 11) is 0. The molecule has 0 bridgehead atoms. The van der Waals surface area contributed by atoms with Gasteiger partial charge in [-0.15, -0.1) is 0 Å². The van der Waals surface area contributed by atoms with Crippen LogP contribution in [-0.4, -0.2) is 51.0 Å². The largest absolute Gasteiger partial charge is 0.491 e. The van der Waals surface area contributed by atoms with Gasteiger partial charge < -0.3 is 14.7 Å². The van der Waals surface area contributed by atoms with E-state index in [-0.39, 0.29) is 18.6 Å². The smallest absolute Gasteiger partial charge is 0.272 e. The molecular weight excluding hydrogens is 366 g/mol. The predicted molar refractivity (Wildman–Crippen MR) is 104 cm³/mol. The average molecular weight is 392 g/mol. The van der Waals surface area contributed by atoms with Crippen LogP contribution in [0.3, 0.4) is 0 Å². The zero-order chi connectivity index (χ0) is 19.4. The minimum Gasteiger partial charge on any atom is -0.491 e. The van der Waals surface area contributed by atoms with E-state index in [1.165, 1.54) is 0 Å². The predicted octanol–water partition coefficient (Wildman–Crippen LogP) is 3.55. The van der Waals surface area contributed by atoms with Gasteiger partial charge in [0.05, 0.1) is 0 Å². The lowest BCUT2D eigenvalue weighted by molar-refractivity contribution is -0.0163. The van der Waals surface area contributed by atoms with Crippen molar-refractivity contribution in [3.63, 3.8) is 0 Å². The molecule has 2 heterocycles. The fourth-order valence-electron chi connectivity index (χ4n) is 3.36. The lowest BCUT2D eigenvalue weighted by atomic mass is 9.96. The molecule has 1 N–H and O–H groups in total. The molecule has 1 amide bonds. The van der Waals surface area contributed by atoms with Crippen molar-refractivity contribution in [2.45, 2.75) is 44.8 Å². The molecular formula is C20H26ClN3O3. The van der Waals surface area contributed by atoms with E-state index in [0.717, 1.165) is 6.42 Å². The average Bonchev–Trinajstić information content (AvgIpc) is 3.04. The van der Waals surface area contributed by atoms with Crippen LogP contribution in [0.15, 0.2) is 36.5 Å². The van der Waals surface area contributed by atoms with Gasteiger partial charge in [-0.3, -0.25) is 9.48 Å². The Morgan fingerprint density at radius 1 is 1.33 bits per heavy atom. The molecule has 1 aromatic heterocycles. The summed E-state index contributed by atoms with van der Waals surface area (Å²) < 4.78 is 7.49. The fourth-order valence-corrected chi connectivity index (χ4v) is 3.54. The maximum Gasteiger partial charge on any atom is 0.272 e. The first-order valence-corrected chi connectivity index (χ1v) is 9.69. The summed E-state index contributed by atoms with van der Waals surface area (Å²) in [6.45, 7) is 5.27. The van der Waals surface area contributed by atoms with Gasteiger partial charge in [0.1, 0.15) is 23.7 Å². The van der Waals surface area contributed by atoms with Crippen LogP contribution in [0.2, 0.25) is 5.02 Å². The second-order valence-corrected chi connectivity index (χ2v) is 7.81. The molecule has 0 saturated carbocycles. The van der Waals surface area contributed by atoms with Crippen molar-refractivity contribution in [3.8, 4) is 5.75 Å². The molecule has 1 aromatic carbocycles. The van der Waals surface area contributed by atoms with Crippen molar-refractivity contribution in [2.24, 2.45) is 0 Å². The van der Waals surface area contributed by atoms with Gasteiger partial charge in [-0.05, 0) is 57.4 Å². The van der Waals surface area contributed by atoms with Gasteiger partial charge >= 0.3 is 0 Å². The third-order valence-corrected chi connectivity index (χ3v) is 5.12. The Labute approximate surface area is 164 Å². The monoisotopic (exact) mass is 391 g/mol. The van der Waals surface area contributed by atoms with E-state index in [0.29, 0.717) is 42.4 Å². The van der Waals surface area contributed by atoms with Crippen LogP contribution in [-0.2, 0) is 0 Å². The Morgan fingerprint density at radius 3 is 2.89 bits per heavy atom. The van der Waals surface area contributed by atoms with Crippen molar-refractivity contribution in [1.82, 2.24) is 14.7 Å². The highest BCUT2D eigenvalue weighted by molar-refractivity contribution is 6.30. The fraction of sp³-hybridized carbons (Fsp3) is 0.500. The summed E-state index contributed by atoms with van der Waals surface area (Å²) >= 11 is 5.97. The highest BCUT2D eigenvalue weighted by Gasteiger charge is 2.33. The number of hydrogen-bond donors (Lipinski definition) is 1. The number of amides is 1. The van der Waals surface area contributed by atoms with E-state index >= 15 is 0 Å². The molecule has 6 nitrogen and oxygen atoms in total. The molecule has 2 aromatic rings. The molecule has 1 saturated heterocycles. The Hall–Kier alpha value is -2.05. The molecule has 1 unspecified atom stereocenters. The molecule has 0 spiro atoms. The SMILES string of the molecule is CC(C)n1nccc1C(=O)N1CCCC(O)(COc2cccc(Cl)c2)CC1. The second kappa shape index (κ2) is 8.31. The molecule has 146 valence electrons. The number of benzene rings is 1. The highest BCUT2D eigenvalue weighted by atomic mass is 35.5. The van der Waals surface area contributed by atoms with E-state index in [2.05, 4.69) is 5.10 Å². The zero-order valence-electron chi connectivity index (χ0n) is 15.8. The molecule has 0 aliphatic carbocycles. The van der Waals surface area contributed by atoms with E-state index in [1.807, 2.05) is 26.0 Å². The van der Waals surface area contributed by atoms with E-state index in [4.69, 9.17) is 16.3 Å². The number of carbonyl (C=O) groups is 1. The lowest BCUT2D eigenvalue weighted by Gasteiger charge is -2.27. The second-order valence-electron chi connectivity index (χ2n) is 7.37. The molecule has 7 heteroatoms. The Morgan fingerprint density at radius 2 is 2.15 bits per heavy atom. The summed E-state index contributed by atoms with van der Waals surface area (Å²) in [4.78, 5) is 14.7. The number of aliphatic hydroxyl groups is 1. The summed E-state index contributed by atoms with van der Waals surface area (Å²) in [6.07, 6.45) is 3.42. The standard InChI is InChI=1S/C20H26ClN3O3/c1-15(2)24-18(7-10-22-24)19(25)23-11-4-8-20(26,9-12-23)14-27-17-6-3-5-16(21)13-17/h3,5-7,10,13,15,26H,4,8-9,11-12,14H2,1-2H3. The summed E-state index contributed by atoms with van der Waals surface area (Å²) in [6, 6.07) is 9.00. The van der Waals surface area contributed by atoms with E-state index in [1.54, 1.807) is 34.0 Å². The molecule has 1 fully saturated rings. The topological polar surface area (TPSA) is 67.6 Å². The van der Waals surface area contributed by atoms with E-state index in [9.17, 15) is 9.90 Å². The van der Waals surface area contributed by atoms with Crippen LogP contribution in [0, 0.1) is 0 Å². The first-order valence-electron chi connectivity index (χ1n) is 9.31. The Bertz CT molecular complexity index is 792. The van der Waals surface area contributed by atoms with Gasteiger partial charge in [0.2, 0.25) is 0 Å². The molecule has 1 aliphatic heterocycles. The number of likely N-dealkylation sites (tertiary alicyclic amines) is 1. The minimum atomic E-state index is -0.963. The first kappa shape index (κ1) is 19.7. The molecule has 27 heavy (non-hydrogen) atoms. The number of halogens is 1. The summed E-state index contributed by atoms with van der Waals surface area (Å²) in [5, 5.41) is 15.8. The van der Waals surface area contributed by atoms with Crippen LogP contribution in [0.1, 0.15) is 49.6 Å². The number of hydrogen-bond acceptors (Lipinski definition) is 4. The minimum absolute atomic E-state index is 0.0405. The van der Waals surface area contributed by atoms with Crippen molar-refractivity contribution < 1.29 is 14.6 Å². The normalized spacial score (nSPS) is 20.6. The highest BCUT2D eigenvalue weighted by Crippen LogP contribution is 2.26. The van der Waals surface area contributed by atoms with Crippen LogP contribution in [0.25, 0.3) is 0 Å². The van der Waals surface area contributed by atoms with Crippen molar-refractivity contribution in [2.75, 3.05) is 19.7 Å². The van der Waals surface area contributed by atoms with Crippen molar-refractivity contribution >= 4 is 17.5 Å². The maximum absolute atomic E-state index is 12.9. The number of carbonyl (C=O) groups excluding carboxylic acids is 1. The Balaban J connectivity index is 1.62. The van der Waals surface area contributed by atoms with Gasteiger partial charge in [0, 0.05) is 30.4 Å². The van der Waals surface area contributed by atoms with Crippen LogP contribution in [0.5, 0.6) is 5.75 Å². The van der Waals surface area contributed by atoms with Crippen molar-refractivity contribution in [3.05, 3.63) is 47.2 Å². The number of rotatable bonds is 5. The van der Waals surface area contributed by atoms with Gasteiger partial charge in [0.25, 0.3) is 5.91 Å². The third kappa shape index (κ3) is 4.82. The van der Waals surface area contributed by atoms with Gasteiger partial charge in [0.15, 0.2) is 0 Å². The summed E-state index contributed by atoms with van der Waals surface area (Å²) in [5.41, 5.74) is -0.374. The first-order chi connectivity index (χ1) is 12.9. The van der Waals surface area contributed by atoms with Crippen molar-refractivity contribution in [1.29, 1.82) is 0 Å². The quantitative estimate of drug-likeness (QED) is 0.846. The van der Waals surface area contributed by atoms with Gasteiger partial charge in [-0.1, -0.05) is 17.7 Å². The zero-order valence-corrected chi connectivity index (χ0v) is 16.5. The number of ether oxygens (including phenoxy) is 1. The maximum atomic E-state index is 12.9. The van der Waals surface area contributed by atoms with E-state index < -0.39 is 5.60 Å². The van der Waals surface area contributed by atoms with Gasteiger partial charge in [-0.2, -0.15) is 5.10 Å².